The van der Waals surface area contributed by atoms with Crippen LogP contribution in [0, 0.1) is 0 Å². The first-order valence-corrected chi connectivity index (χ1v) is 9.67. The molecule has 1 amide bonds. The van der Waals surface area contributed by atoms with Crippen molar-refractivity contribution in [3.05, 3.63) is 89.1 Å². The molecular weight excluding hydrogens is 402 g/mol. The van der Waals surface area contributed by atoms with Crippen LogP contribution in [0.4, 0.5) is 0 Å². The number of halogens is 1. The quantitative estimate of drug-likeness (QED) is 0.493. The van der Waals surface area contributed by atoms with E-state index in [2.05, 4.69) is 20.5 Å². The van der Waals surface area contributed by atoms with Crippen molar-refractivity contribution in [2.24, 2.45) is 7.05 Å². The summed E-state index contributed by atoms with van der Waals surface area (Å²) in [6.07, 6.45) is 3.53. The molecule has 30 heavy (non-hydrogen) atoms. The number of carbonyl (C=O) groups is 1. The number of methoxy groups -OCH3 is 1. The number of amides is 1. The third-order valence-electron chi connectivity index (χ3n) is 4.80. The number of carbonyl (C=O) groups excluding carboxylic acids is 1. The molecule has 152 valence electrons. The van der Waals surface area contributed by atoms with Gasteiger partial charge in [0.25, 0.3) is 5.91 Å². The van der Waals surface area contributed by atoms with E-state index in [4.69, 9.17) is 16.3 Å². The lowest BCUT2D eigenvalue weighted by atomic mass is 10.0. The number of ether oxygens (including phenoxy) is 1. The van der Waals surface area contributed by atoms with Crippen LogP contribution in [0.3, 0.4) is 0 Å². The second kappa shape index (κ2) is 8.42. The Morgan fingerprint density at radius 2 is 1.97 bits per heavy atom. The average molecular weight is 422 g/mol. The Balaban J connectivity index is 1.64. The smallest absolute Gasteiger partial charge is 0.270 e. The first kappa shape index (κ1) is 19.7. The molecule has 0 unspecified atom stereocenters. The summed E-state index contributed by atoms with van der Waals surface area (Å²) >= 11 is 5.95. The largest absolute Gasteiger partial charge is 0.496 e. The number of nitrogens with zero attached hydrogens (tertiary/aromatic N) is 3. The average Bonchev–Trinajstić information content (AvgIpc) is 3.42. The number of H-pyrrole nitrogens is 1. The number of imidazole rings is 1. The van der Waals surface area contributed by atoms with E-state index in [9.17, 15) is 4.79 Å². The van der Waals surface area contributed by atoms with Crippen molar-refractivity contribution >= 4 is 17.5 Å². The number of benzene rings is 2. The summed E-state index contributed by atoms with van der Waals surface area (Å²) in [4.78, 5) is 17.5. The highest BCUT2D eigenvalue weighted by atomic mass is 35.5. The topological polar surface area (TPSA) is 84.8 Å². The summed E-state index contributed by atoms with van der Waals surface area (Å²) in [7, 11) is 3.48. The summed E-state index contributed by atoms with van der Waals surface area (Å²) in [6, 6.07) is 16.0. The summed E-state index contributed by atoms with van der Waals surface area (Å²) in [5.74, 6) is 1.05. The molecule has 0 saturated carbocycles. The molecule has 2 aromatic heterocycles. The zero-order valence-corrected chi connectivity index (χ0v) is 17.2. The summed E-state index contributed by atoms with van der Waals surface area (Å²) in [5, 5.41) is 10.8. The molecule has 4 rings (SSSR count). The minimum Gasteiger partial charge on any atom is -0.496 e. The van der Waals surface area contributed by atoms with Crippen molar-refractivity contribution in [2.45, 2.75) is 6.04 Å². The van der Waals surface area contributed by atoms with Gasteiger partial charge in [-0.3, -0.25) is 9.89 Å². The molecule has 7 nitrogen and oxygen atoms in total. The van der Waals surface area contributed by atoms with Gasteiger partial charge in [-0.25, -0.2) is 4.98 Å². The fourth-order valence-corrected chi connectivity index (χ4v) is 3.38. The normalized spacial score (nSPS) is 11.8. The second-order valence-corrected chi connectivity index (χ2v) is 7.15. The number of aromatic nitrogens is 4. The lowest BCUT2D eigenvalue weighted by Crippen LogP contribution is -2.31. The van der Waals surface area contributed by atoms with Crippen LogP contribution in [0.2, 0.25) is 5.02 Å². The summed E-state index contributed by atoms with van der Waals surface area (Å²) in [6.45, 7) is 0. The maximum absolute atomic E-state index is 13.1. The van der Waals surface area contributed by atoms with Crippen LogP contribution in [0.15, 0.2) is 67.0 Å². The Labute approximate surface area is 178 Å². The highest BCUT2D eigenvalue weighted by molar-refractivity contribution is 6.30. The Morgan fingerprint density at radius 1 is 1.20 bits per heavy atom. The van der Waals surface area contributed by atoms with E-state index in [1.54, 1.807) is 31.5 Å². The van der Waals surface area contributed by atoms with Crippen molar-refractivity contribution in [1.82, 2.24) is 25.1 Å². The van der Waals surface area contributed by atoms with Crippen LogP contribution in [0.1, 0.15) is 27.9 Å². The van der Waals surface area contributed by atoms with Gasteiger partial charge in [0, 0.05) is 35.6 Å². The maximum Gasteiger partial charge on any atom is 0.270 e. The van der Waals surface area contributed by atoms with E-state index in [0.717, 1.165) is 11.1 Å². The molecule has 2 heterocycles. The molecule has 2 aromatic carbocycles. The maximum atomic E-state index is 13.1. The van der Waals surface area contributed by atoms with Gasteiger partial charge in [-0.2, -0.15) is 5.10 Å². The van der Waals surface area contributed by atoms with Gasteiger partial charge < -0.3 is 14.6 Å². The zero-order valence-electron chi connectivity index (χ0n) is 16.5. The van der Waals surface area contributed by atoms with Gasteiger partial charge in [0.2, 0.25) is 0 Å². The van der Waals surface area contributed by atoms with Gasteiger partial charge >= 0.3 is 0 Å². The number of para-hydroxylation sites is 1. The first-order chi connectivity index (χ1) is 14.6. The molecule has 8 heteroatoms. The number of aryl methyl sites for hydroxylation is 1. The van der Waals surface area contributed by atoms with E-state index in [1.807, 2.05) is 54.2 Å². The third kappa shape index (κ3) is 3.92. The number of hydrogen-bond acceptors (Lipinski definition) is 4. The van der Waals surface area contributed by atoms with Crippen LogP contribution >= 0.6 is 11.6 Å². The third-order valence-corrected chi connectivity index (χ3v) is 5.06. The van der Waals surface area contributed by atoms with Crippen molar-refractivity contribution < 1.29 is 9.53 Å². The van der Waals surface area contributed by atoms with Gasteiger partial charge in [-0.1, -0.05) is 41.9 Å². The number of aromatic amines is 1. The Morgan fingerprint density at radius 3 is 2.67 bits per heavy atom. The molecule has 0 aliphatic rings. The van der Waals surface area contributed by atoms with Gasteiger partial charge in [-0.15, -0.1) is 0 Å². The van der Waals surface area contributed by atoms with E-state index in [0.29, 0.717) is 28.0 Å². The first-order valence-electron chi connectivity index (χ1n) is 9.29. The van der Waals surface area contributed by atoms with Crippen LogP contribution in [0.25, 0.3) is 11.3 Å². The molecular formula is C22H20ClN5O2. The lowest BCUT2D eigenvalue weighted by Gasteiger charge is -2.20. The van der Waals surface area contributed by atoms with Gasteiger partial charge in [-0.05, 0) is 24.3 Å². The molecule has 1 atom stereocenters. The molecule has 4 aromatic rings. The molecule has 0 bridgehead atoms. The zero-order chi connectivity index (χ0) is 21.1. The van der Waals surface area contributed by atoms with Gasteiger partial charge in [0.05, 0.1) is 12.8 Å². The molecule has 0 radical (unpaired) electrons. The fraction of sp³-hybridized carbons (Fsp3) is 0.136. The molecule has 2 N–H and O–H groups in total. The van der Waals surface area contributed by atoms with Crippen molar-refractivity contribution in [3.8, 4) is 17.0 Å². The Bertz CT molecular complexity index is 1170. The van der Waals surface area contributed by atoms with Gasteiger partial charge in [0.1, 0.15) is 23.3 Å². The number of hydrogen-bond donors (Lipinski definition) is 2. The Kier molecular flexibility index (Phi) is 5.54. The Hall–Kier alpha value is -3.58. The van der Waals surface area contributed by atoms with Crippen LogP contribution in [-0.2, 0) is 7.05 Å². The summed E-state index contributed by atoms with van der Waals surface area (Å²) < 4.78 is 7.37. The minimum absolute atomic E-state index is 0.304. The molecule has 0 aliphatic heterocycles. The standard InChI is InChI=1S/C22H20ClN5O2/c1-28-12-11-24-21(28)20(16-5-3-4-6-19(16)30-2)25-22(29)18-13-17(26-27-18)14-7-9-15(23)10-8-14/h3-13,20H,1-2H3,(H,25,29)(H,26,27)/t20-/m1/s1. The van der Waals surface area contributed by atoms with Crippen LogP contribution in [0.5, 0.6) is 5.75 Å². The second-order valence-electron chi connectivity index (χ2n) is 6.72. The predicted molar refractivity (Wildman–Crippen MR) is 115 cm³/mol. The van der Waals surface area contributed by atoms with Crippen molar-refractivity contribution in [2.75, 3.05) is 7.11 Å². The highest BCUT2D eigenvalue weighted by Gasteiger charge is 2.25. The molecule has 0 fully saturated rings. The number of rotatable bonds is 6. The van der Waals surface area contributed by atoms with Gasteiger partial charge in [0.15, 0.2) is 0 Å². The van der Waals surface area contributed by atoms with Crippen molar-refractivity contribution in [3.63, 3.8) is 0 Å². The predicted octanol–water partition coefficient (Wildman–Crippen LogP) is 3.99. The minimum atomic E-state index is -0.504. The molecule has 0 aliphatic carbocycles. The van der Waals surface area contributed by atoms with E-state index >= 15 is 0 Å². The highest BCUT2D eigenvalue weighted by Crippen LogP contribution is 2.29. The van der Waals surface area contributed by atoms with Crippen LogP contribution in [-0.4, -0.2) is 32.8 Å². The lowest BCUT2D eigenvalue weighted by molar-refractivity contribution is 0.0935. The molecule has 0 spiro atoms. The monoisotopic (exact) mass is 421 g/mol. The summed E-state index contributed by atoms with van der Waals surface area (Å²) in [5.41, 5.74) is 2.66. The SMILES string of the molecule is COc1ccccc1[C@@H](NC(=O)c1cc(-c2ccc(Cl)cc2)n[nH]1)c1nccn1C. The molecule has 0 saturated heterocycles. The fourth-order valence-electron chi connectivity index (χ4n) is 3.26. The van der Waals surface area contributed by atoms with E-state index < -0.39 is 6.04 Å². The number of nitrogens with one attached hydrogen (secondary N) is 2. The van der Waals surface area contributed by atoms with Crippen LogP contribution < -0.4 is 10.1 Å². The van der Waals surface area contributed by atoms with E-state index in [1.165, 1.54) is 0 Å². The van der Waals surface area contributed by atoms with E-state index in [-0.39, 0.29) is 5.91 Å². The van der Waals surface area contributed by atoms with Crippen molar-refractivity contribution in [1.29, 1.82) is 0 Å².